The number of rotatable bonds is 5. The number of anilines is 2. The second-order valence-corrected chi connectivity index (χ2v) is 7.52. The zero-order valence-electron chi connectivity index (χ0n) is 14.9. The number of hydrogen-bond acceptors (Lipinski definition) is 6. The van der Waals surface area contributed by atoms with Crippen LogP contribution in [0.1, 0.15) is 21.2 Å². The predicted octanol–water partition coefficient (Wildman–Crippen LogP) is 4.72. The van der Waals surface area contributed by atoms with Crippen molar-refractivity contribution in [1.82, 2.24) is 20.3 Å². The van der Waals surface area contributed by atoms with Crippen molar-refractivity contribution in [1.29, 1.82) is 0 Å². The van der Waals surface area contributed by atoms with Gasteiger partial charge in [0.05, 0.1) is 6.20 Å². The predicted molar refractivity (Wildman–Crippen MR) is 112 cm³/mol. The Morgan fingerprint density at radius 1 is 1.14 bits per heavy atom. The Bertz CT molecular complexity index is 1130. The molecule has 2 aromatic heterocycles. The molecule has 4 rings (SSSR count). The van der Waals surface area contributed by atoms with E-state index in [1.54, 1.807) is 19.2 Å². The van der Waals surface area contributed by atoms with E-state index in [0.717, 1.165) is 16.3 Å². The van der Waals surface area contributed by atoms with Gasteiger partial charge in [-0.05, 0) is 23.3 Å². The number of aryl methyl sites for hydroxylation is 1. The zero-order chi connectivity index (χ0) is 19.5. The van der Waals surface area contributed by atoms with Gasteiger partial charge < -0.3 is 10.6 Å². The molecule has 2 N–H and O–H groups in total. The monoisotopic (exact) mass is 409 g/mol. The quantitative estimate of drug-likeness (QED) is 0.466. The van der Waals surface area contributed by atoms with Crippen LogP contribution < -0.4 is 10.6 Å². The summed E-state index contributed by atoms with van der Waals surface area (Å²) in [7, 11) is 0. The highest BCUT2D eigenvalue weighted by molar-refractivity contribution is 7.17. The third-order valence-corrected chi connectivity index (χ3v) is 5.18. The summed E-state index contributed by atoms with van der Waals surface area (Å²) in [6, 6.07) is 15.8. The first-order chi connectivity index (χ1) is 13.6. The van der Waals surface area contributed by atoms with Crippen LogP contribution in [-0.2, 0) is 6.54 Å². The Hall–Kier alpha value is -3.03. The second-order valence-electron chi connectivity index (χ2n) is 6.10. The Morgan fingerprint density at radius 3 is 2.82 bits per heavy atom. The highest BCUT2D eigenvalue weighted by atomic mass is 35.5. The lowest BCUT2D eigenvalue weighted by Gasteiger charge is -2.07. The van der Waals surface area contributed by atoms with E-state index < -0.39 is 0 Å². The van der Waals surface area contributed by atoms with Gasteiger partial charge in [-0.2, -0.15) is 0 Å². The van der Waals surface area contributed by atoms with Crippen LogP contribution in [0, 0.1) is 6.92 Å². The van der Waals surface area contributed by atoms with E-state index in [0.29, 0.717) is 33.3 Å². The van der Waals surface area contributed by atoms with E-state index in [-0.39, 0.29) is 5.91 Å². The van der Waals surface area contributed by atoms with Crippen LogP contribution in [0.3, 0.4) is 0 Å². The summed E-state index contributed by atoms with van der Waals surface area (Å²) < 4.78 is 0. The van der Waals surface area contributed by atoms with Crippen LogP contribution in [0.5, 0.6) is 0 Å². The van der Waals surface area contributed by atoms with Gasteiger partial charge in [0.2, 0.25) is 0 Å². The van der Waals surface area contributed by atoms with Crippen LogP contribution in [0.15, 0.2) is 54.7 Å². The Kier molecular flexibility index (Phi) is 5.18. The largest absolute Gasteiger partial charge is 0.346 e. The van der Waals surface area contributed by atoms with Crippen LogP contribution in [0.25, 0.3) is 10.8 Å². The minimum Gasteiger partial charge on any atom is -0.346 e. The number of carbonyl (C=O) groups excluding carboxylic acids is 1. The number of hydrogen-bond donors (Lipinski definition) is 2. The van der Waals surface area contributed by atoms with E-state index in [9.17, 15) is 4.79 Å². The van der Waals surface area contributed by atoms with Crippen molar-refractivity contribution >= 4 is 50.4 Å². The normalized spacial score (nSPS) is 10.8. The van der Waals surface area contributed by atoms with Crippen molar-refractivity contribution in [3.05, 3.63) is 76.3 Å². The maximum atomic E-state index is 12.5. The second kappa shape index (κ2) is 7.92. The number of aromatic nitrogens is 3. The van der Waals surface area contributed by atoms with E-state index in [2.05, 4.69) is 43.8 Å². The summed E-state index contributed by atoms with van der Waals surface area (Å²) in [6.45, 7) is 2.19. The van der Waals surface area contributed by atoms with Gasteiger partial charge in [-0.25, -0.2) is 15.0 Å². The van der Waals surface area contributed by atoms with Crippen LogP contribution in [-0.4, -0.2) is 20.9 Å². The molecule has 0 spiro atoms. The number of amides is 1. The third-order valence-electron chi connectivity index (χ3n) is 4.08. The molecule has 0 aliphatic rings. The average molecular weight is 410 g/mol. The van der Waals surface area contributed by atoms with Gasteiger partial charge in [0.15, 0.2) is 5.01 Å². The third kappa shape index (κ3) is 4.11. The number of halogens is 1. The molecule has 2 heterocycles. The number of thiazole rings is 1. The summed E-state index contributed by atoms with van der Waals surface area (Å²) in [5.74, 6) is 0.902. The van der Waals surface area contributed by atoms with Crippen molar-refractivity contribution in [3.63, 3.8) is 0 Å². The number of nitrogens with one attached hydrogen (secondary N) is 2. The van der Waals surface area contributed by atoms with Gasteiger partial charge in [0.25, 0.3) is 5.91 Å². The van der Waals surface area contributed by atoms with Crippen LogP contribution >= 0.6 is 22.9 Å². The topological polar surface area (TPSA) is 79.8 Å². The Labute approximate surface area is 170 Å². The van der Waals surface area contributed by atoms with Gasteiger partial charge in [0, 0.05) is 12.6 Å². The Morgan fingerprint density at radius 2 is 1.96 bits per heavy atom. The minimum atomic E-state index is -0.220. The fourth-order valence-corrected chi connectivity index (χ4v) is 3.82. The molecule has 1 amide bonds. The Balaban J connectivity index is 1.44. The first kappa shape index (κ1) is 18.3. The van der Waals surface area contributed by atoms with Crippen LogP contribution in [0.2, 0.25) is 5.15 Å². The molecule has 8 heteroatoms. The highest BCUT2D eigenvalue weighted by Gasteiger charge is 2.12. The smallest absolute Gasteiger partial charge is 0.280 e. The SMILES string of the molecule is Cc1nc(Cl)cc(Nc2cnc(C(=O)NCc3cccc4ccccc34)s2)n1. The lowest BCUT2D eigenvalue weighted by Crippen LogP contribution is -2.22. The number of carbonyl (C=O) groups is 1. The summed E-state index contributed by atoms with van der Waals surface area (Å²) in [5, 5.41) is 9.74. The summed E-state index contributed by atoms with van der Waals surface area (Å²) in [4.78, 5) is 25.0. The van der Waals surface area contributed by atoms with Gasteiger partial charge >= 0.3 is 0 Å². The standard InChI is InChI=1S/C20H16ClN5OS/c1-12-24-16(21)9-17(25-12)26-18-11-23-20(28-18)19(27)22-10-14-7-4-6-13-5-2-3-8-15(13)14/h2-9,11H,10H2,1H3,(H,22,27)(H,24,25,26). The number of nitrogens with zero attached hydrogens (tertiary/aromatic N) is 3. The molecule has 0 bridgehead atoms. The van der Waals surface area contributed by atoms with Crippen molar-refractivity contribution in [2.24, 2.45) is 0 Å². The maximum absolute atomic E-state index is 12.5. The number of benzene rings is 2. The molecule has 0 atom stereocenters. The van der Waals surface area contributed by atoms with E-state index in [4.69, 9.17) is 11.6 Å². The summed E-state index contributed by atoms with van der Waals surface area (Å²) in [6.07, 6.45) is 1.60. The molecule has 140 valence electrons. The van der Waals surface area contributed by atoms with Gasteiger partial charge in [0.1, 0.15) is 21.8 Å². The lowest BCUT2D eigenvalue weighted by molar-refractivity contribution is 0.0950. The first-order valence-corrected chi connectivity index (χ1v) is 9.77. The summed E-state index contributed by atoms with van der Waals surface area (Å²) in [5.41, 5.74) is 1.06. The van der Waals surface area contributed by atoms with Crippen LogP contribution in [0.4, 0.5) is 10.8 Å². The molecule has 0 saturated heterocycles. The fraction of sp³-hybridized carbons (Fsp3) is 0.100. The maximum Gasteiger partial charge on any atom is 0.280 e. The molecule has 4 aromatic rings. The number of fused-ring (bicyclic) bond motifs is 1. The van der Waals surface area contributed by atoms with Gasteiger partial charge in [-0.15, -0.1) is 0 Å². The van der Waals surface area contributed by atoms with E-state index in [1.807, 2.05) is 24.3 Å². The van der Waals surface area contributed by atoms with Crippen molar-refractivity contribution < 1.29 is 4.79 Å². The lowest BCUT2D eigenvalue weighted by atomic mass is 10.0. The van der Waals surface area contributed by atoms with E-state index >= 15 is 0 Å². The molecular weight excluding hydrogens is 394 g/mol. The fourth-order valence-electron chi connectivity index (χ4n) is 2.86. The van der Waals surface area contributed by atoms with Crippen molar-refractivity contribution in [2.45, 2.75) is 13.5 Å². The minimum absolute atomic E-state index is 0.220. The zero-order valence-corrected chi connectivity index (χ0v) is 16.5. The van der Waals surface area contributed by atoms with Crippen molar-refractivity contribution in [3.8, 4) is 0 Å². The molecule has 2 aromatic carbocycles. The van der Waals surface area contributed by atoms with E-state index in [1.165, 1.54) is 11.3 Å². The molecule has 6 nitrogen and oxygen atoms in total. The summed E-state index contributed by atoms with van der Waals surface area (Å²) >= 11 is 7.19. The molecule has 0 aliphatic carbocycles. The molecule has 0 unspecified atom stereocenters. The molecule has 0 fully saturated rings. The van der Waals surface area contributed by atoms with Crippen molar-refractivity contribution in [2.75, 3.05) is 5.32 Å². The van der Waals surface area contributed by atoms with Gasteiger partial charge in [-0.1, -0.05) is 65.4 Å². The van der Waals surface area contributed by atoms with Gasteiger partial charge in [-0.3, -0.25) is 4.79 Å². The molecule has 0 radical (unpaired) electrons. The highest BCUT2D eigenvalue weighted by Crippen LogP contribution is 2.24. The average Bonchev–Trinajstić information content (AvgIpc) is 3.14. The molecule has 0 saturated carbocycles. The first-order valence-electron chi connectivity index (χ1n) is 8.57. The molecule has 28 heavy (non-hydrogen) atoms. The molecular formula is C20H16ClN5OS. The molecule has 0 aliphatic heterocycles.